The topological polar surface area (TPSA) is 53.1 Å². The van der Waals surface area contributed by atoms with Gasteiger partial charge in [-0.3, -0.25) is 4.79 Å². The minimum Gasteiger partial charge on any atom is -0.504 e. The Morgan fingerprint density at radius 2 is 2.08 bits per heavy atom. The van der Waals surface area contributed by atoms with Crippen molar-refractivity contribution in [1.29, 1.82) is 0 Å². The predicted octanol–water partition coefficient (Wildman–Crippen LogP) is 5.21. The van der Waals surface area contributed by atoms with Gasteiger partial charge in [0.05, 0.1) is 10.7 Å². The maximum Gasteiger partial charge on any atom is 0.259 e. The summed E-state index contributed by atoms with van der Waals surface area (Å²) in [5, 5.41) is 11.2. The number of likely N-dealkylation sites (N-methyl/N-ethyl adjacent to an activating group) is 1. The molecule has 2 aliphatic rings. The van der Waals surface area contributed by atoms with E-state index < -0.39 is 6.10 Å². The lowest BCUT2D eigenvalue weighted by atomic mass is 9.73. The fraction of sp³-hybridized carbons (Fsp3) is 0.650. The fourth-order valence-corrected chi connectivity index (χ4v) is 5.11. The monoisotopic (exact) mass is 399 g/mol. The molecule has 1 saturated carbocycles. The first-order chi connectivity index (χ1) is 12.3. The van der Waals surface area contributed by atoms with Crippen LogP contribution in [0.25, 0.3) is 0 Å². The van der Waals surface area contributed by atoms with Crippen LogP contribution < -0.4 is 4.90 Å². The van der Waals surface area contributed by atoms with E-state index in [-0.39, 0.29) is 22.3 Å². The molecule has 0 radical (unpaired) electrons. The molecule has 0 aromatic heterocycles. The molecule has 2 fully saturated rings. The number of rotatable bonds is 4. The second-order valence-corrected chi connectivity index (χ2v) is 8.47. The normalized spacial score (nSPS) is 30.5. The quantitative estimate of drug-likeness (QED) is 0.706. The number of hydrogen-bond donors (Lipinski definition) is 1. The molecule has 26 heavy (non-hydrogen) atoms. The van der Waals surface area contributed by atoms with E-state index in [1.54, 1.807) is 6.07 Å². The lowest BCUT2D eigenvalue weighted by molar-refractivity contribution is -0.119. The molecule has 1 aliphatic carbocycles. The van der Waals surface area contributed by atoms with E-state index in [0.717, 1.165) is 19.3 Å². The molecule has 1 spiro atoms. The number of carbonyl (C=O) groups excluding carboxylic acids is 1. The van der Waals surface area contributed by atoms with E-state index in [1.165, 1.54) is 4.90 Å². The van der Waals surface area contributed by atoms with E-state index in [2.05, 4.69) is 13.8 Å². The van der Waals surface area contributed by atoms with Crippen LogP contribution in [0.4, 0.5) is 5.69 Å². The molecule has 1 saturated heterocycles. The van der Waals surface area contributed by atoms with Crippen LogP contribution >= 0.6 is 23.2 Å². The Hall–Kier alpha value is -0.970. The lowest BCUT2D eigenvalue weighted by Gasteiger charge is -2.31. The maximum atomic E-state index is 13.2. The van der Waals surface area contributed by atoms with Crippen LogP contribution in [-0.4, -0.2) is 29.3 Å². The molecule has 1 aliphatic heterocycles. The summed E-state index contributed by atoms with van der Waals surface area (Å²) in [5.41, 5.74) is 0.697. The third kappa shape index (κ3) is 3.10. The van der Waals surface area contributed by atoms with Gasteiger partial charge in [0, 0.05) is 11.6 Å². The van der Waals surface area contributed by atoms with Crippen LogP contribution in [0.1, 0.15) is 52.5 Å². The summed E-state index contributed by atoms with van der Waals surface area (Å²) in [5.74, 6) is 0.798. The number of aromatic hydroxyl groups is 1. The van der Waals surface area contributed by atoms with Gasteiger partial charge in [-0.15, -0.1) is 0 Å². The van der Waals surface area contributed by atoms with Gasteiger partial charge in [-0.25, -0.2) is 0 Å². The Bertz CT molecular complexity index is 723. The van der Waals surface area contributed by atoms with Gasteiger partial charge >= 0.3 is 0 Å². The maximum absolute atomic E-state index is 13.2. The first kappa shape index (κ1) is 19.8. The molecule has 1 N–H and O–H groups in total. The highest BCUT2D eigenvalue weighted by Crippen LogP contribution is 2.54. The molecule has 0 bridgehead atoms. The van der Waals surface area contributed by atoms with Crippen molar-refractivity contribution in [1.82, 2.24) is 0 Å². The number of phenols is 1. The van der Waals surface area contributed by atoms with Crippen molar-refractivity contribution in [3.05, 3.63) is 21.7 Å². The van der Waals surface area contributed by atoms with Crippen molar-refractivity contribution < 1.29 is 14.6 Å². The Balaban J connectivity index is 1.88. The second kappa shape index (κ2) is 7.21. The fourth-order valence-electron chi connectivity index (χ4n) is 4.40. The van der Waals surface area contributed by atoms with Crippen LogP contribution in [0.15, 0.2) is 6.07 Å². The third-order valence-corrected chi connectivity index (χ3v) is 6.80. The van der Waals surface area contributed by atoms with Crippen LogP contribution in [0, 0.1) is 11.8 Å². The van der Waals surface area contributed by atoms with Gasteiger partial charge in [0.1, 0.15) is 5.60 Å². The van der Waals surface area contributed by atoms with Crippen molar-refractivity contribution in [2.75, 3.05) is 11.4 Å². The average Bonchev–Trinajstić information content (AvgIpc) is 3.33. The van der Waals surface area contributed by atoms with Gasteiger partial charge in [-0.05, 0) is 56.1 Å². The standard InChI is InChI=1S/C20H27Cl2NO3/c1-5-13-14(21)10-15(17(24)16(13)22)23(6-2)19(25)18-20(26-18)8-7-11(3)9-12(20)4/h10-12,18,24H,5-9H2,1-4H3. The highest BCUT2D eigenvalue weighted by atomic mass is 35.5. The summed E-state index contributed by atoms with van der Waals surface area (Å²) >= 11 is 12.6. The highest BCUT2D eigenvalue weighted by molar-refractivity contribution is 6.37. The molecule has 6 heteroatoms. The van der Waals surface area contributed by atoms with E-state index in [0.29, 0.717) is 41.1 Å². The Morgan fingerprint density at radius 1 is 1.38 bits per heavy atom. The molecular formula is C20H27Cl2NO3. The summed E-state index contributed by atoms with van der Waals surface area (Å²) < 4.78 is 5.98. The molecule has 4 nitrogen and oxygen atoms in total. The van der Waals surface area contributed by atoms with E-state index >= 15 is 0 Å². The smallest absolute Gasteiger partial charge is 0.259 e. The van der Waals surface area contributed by atoms with Crippen LogP contribution in [0.3, 0.4) is 0 Å². The Kier molecular flexibility index (Phi) is 5.49. The van der Waals surface area contributed by atoms with Crippen molar-refractivity contribution in [2.45, 2.75) is 65.1 Å². The van der Waals surface area contributed by atoms with Crippen molar-refractivity contribution in [3.63, 3.8) is 0 Å². The van der Waals surface area contributed by atoms with E-state index in [4.69, 9.17) is 27.9 Å². The zero-order valence-electron chi connectivity index (χ0n) is 15.8. The van der Waals surface area contributed by atoms with Crippen molar-refractivity contribution in [3.8, 4) is 5.75 Å². The molecular weight excluding hydrogens is 373 g/mol. The van der Waals surface area contributed by atoms with E-state index in [1.807, 2.05) is 13.8 Å². The predicted molar refractivity (Wildman–Crippen MR) is 105 cm³/mol. The zero-order chi connectivity index (χ0) is 19.2. The largest absolute Gasteiger partial charge is 0.504 e. The van der Waals surface area contributed by atoms with Crippen LogP contribution in [0.5, 0.6) is 5.75 Å². The zero-order valence-corrected chi connectivity index (χ0v) is 17.3. The Morgan fingerprint density at radius 3 is 2.65 bits per heavy atom. The van der Waals surface area contributed by atoms with Gasteiger partial charge in [-0.2, -0.15) is 0 Å². The van der Waals surface area contributed by atoms with E-state index in [9.17, 15) is 9.90 Å². The number of hydrogen-bond acceptors (Lipinski definition) is 3. The number of epoxide rings is 1. The number of nitrogens with zero attached hydrogens (tertiary/aromatic N) is 1. The average molecular weight is 400 g/mol. The summed E-state index contributed by atoms with van der Waals surface area (Å²) in [6.45, 7) is 8.61. The minimum absolute atomic E-state index is 0.0943. The van der Waals surface area contributed by atoms with Crippen molar-refractivity contribution in [2.24, 2.45) is 11.8 Å². The summed E-state index contributed by atoms with van der Waals surface area (Å²) in [6, 6.07) is 1.63. The van der Waals surface area contributed by atoms with Gasteiger partial charge in [0.2, 0.25) is 0 Å². The number of carbonyl (C=O) groups is 1. The SMILES string of the molecule is CCc1c(Cl)cc(N(CC)C(=O)C2OC23CCC(C)CC3C)c(O)c1Cl. The molecule has 1 aromatic rings. The molecule has 4 atom stereocenters. The molecule has 144 valence electrons. The number of amides is 1. The van der Waals surface area contributed by atoms with Gasteiger partial charge in [0.15, 0.2) is 11.9 Å². The molecule has 1 heterocycles. The molecule has 4 unspecified atom stereocenters. The number of phenolic OH excluding ortho intramolecular Hbond substituents is 1. The number of ether oxygens (including phenoxy) is 1. The summed E-state index contributed by atoms with van der Waals surface area (Å²) in [4.78, 5) is 14.7. The second-order valence-electron chi connectivity index (χ2n) is 7.69. The first-order valence-corrected chi connectivity index (χ1v) is 10.2. The minimum atomic E-state index is -0.451. The first-order valence-electron chi connectivity index (χ1n) is 9.45. The summed E-state index contributed by atoms with van der Waals surface area (Å²) in [6.07, 6.45) is 3.22. The number of anilines is 1. The highest BCUT2D eigenvalue weighted by Gasteiger charge is 2.65. The third-order valence-electron chi connectivity index (χ3n) is 6.06. The van der Waals surface area contributed by atoms with Gasteiger partial charge in [-0.1, -0.05) is 44.0 Å². The van der Waals surface area contributed by atoms with Crippen LogP contribution in [-0.2, 0) is 16.0 Å². The molecule has 3 rings (SSSR count). The Labute approximate surface area is 165 Å². The molecule has 1 aromatic carbocycles. The van der Waals surface area contributed by atoms with Gasteiger partial charge in [0.25, 0.3) is 5.91 Å². The lowest BCUT2D eigenvalue weighted by Crippen LogP contribution is -2.41. The van der Waals surface area contributed by atoms with Crippen LogP contribution in [0.2, 0.25) is 10.0 Å². The van der Waals surface area contributed by atoms with Crippen molar-refractivity contribution >= 4 is 34.8 Å². The number of benzene rings is 1. The number of halogens is 2. The van der Waals surface area contributed by atoms with Gasteiger partial charge < -0.3 is 14.7 Å². The molecule has 1 amide bonds. The summed E-state index contributed by atoms with van der Waals surface area (Å²) in [7, 11) is 0.